The largest absolute Gasteiger partial charge is 0.435 e. The first kappa shape index (κ1) is 14.7. The van der Waals surface area contributed by atoms with Crippen molar-refractivity contribution in [3.8, 4) is 34.0 Å². The number of benzene rings is 2. The first-order chi connectivity index (χ1) is 11.8. The molecule has 2 aromatic heterocycles. The highest BCUT2D eigenvalue weighted by molar-refractivity contribution is 6.28. The topological polar surface area (TPSA) is 24.4 Å². The summed E-state index contributed by atoms with van der Waals surface area (Å²) in [5, 5.41) is 0.339. The fourth-order valence-electron chi connectivity index (χ4n) is 2.61. The van der Waals surface area contributed by atoms with Crippen LogP contribution in [0.15, 0.2) is 93.8 Å². The summed E-state index contributed by atoms with van der Waals surface area (Å²) in [7, 11) is 0. The Labute approximate surface area is 145 Å². The Bertz CT molecular complexity index is 902. The summed E-state index contributed by atoms with van der Waals surface area (Å²) in [6.45, 7) is 0. The van der Waals surface area contributed by atoms with Crippen molar-refractivity contribution in [3.63, 3.8) is 0 Å². The summed E-state index contributed by atoms with van der Waals surface area (Å²) in [4.78, 5) is 0. The monoisotopic (exact) mass is 333 g/mol. The lowest BCUT2D eigenvalue weighted by molar-refractivity contribution is 0.524. The standard InChI is InChI=1S/C21H14ClO2/c22-21-12-11-18(24-21)20-14-17(15-7-3-1-4-8-15)13-19(23-20)16-9-5-2-6-10-16/h1-14H/q+1. The number of hydrogen-bond acceptors (Lipinski definition) is 1. The fraction of sp³-hybridized carbons (Fsp3) is 0. The molecule has 116 valence electrons. The zero-order valence-corrected chi connectivity index (χ0v) is 13.5. The highest BCUT2D eigenvalue weighted by atomic mass is 35.5. The Hall–Kier alpha value is -2.84. The van der Waals surface area contributed by atoms with E-state index >= 15 is 0 Å². The van der Waals surface area contributed by atoms with Gasteiger partial charge in [-0.05, 0) is 41.4 Å². The highest BCUT2D eigenvalue weighted by Crippen LogP contribution is 2.34. The van der Waals surface area contributed by atoms with Crippen LogP contribution in [0.2, 0.25) is 5.22 Å². The predicted octanol–water partition coefficient (Wildman–Crippen LogP) is 6.81. The third kappa shape index (κ3) is 2.97. The average Bonchev–Trinajstić information content (AvgIpc) is 3.09. The van der Waals surface area contributed by atoms with Gasteiger partial charge in [-0.15, -0.1) is 0 Å². The molecule has 0 N–H and O–H groups in total. The van der Waals surface area contributed by atoms with E-state index in [9.17, 15) is 0 Å². The lowest BCUT2D eigenvalue weighted by atomic mass is 10.0. The molecule has 24 heavy (non-hydrogen) atoms. The Balaban J connectivity index is 1.91. The second-order valence-corrected chi connectivity index (χ2v) is 5.78. The third-order valence-corrected chi connectivity index (χ3v) is 3.98. The van der Waals surface area contributed by atoms with Crippen molar-refractivity contribution in [1.82, 2.24) is 0 Å². The molecule has 0 saturated carbocycles. The molecule has 0 unspecified atom stereocenters. The maximum absolute atomic E-state index is 6.07. The molecule has 0 bridgehead atoms. The molecule has 2 heterocycles. The van der Waals surface area contributed by atoms with Gasteiger partial charge in [0.15, 0.2) is 5.22 Å². The van der Waals surface area contributed by atoms with Crippen molar-refractivity contribution in [2.45, 2.75) is 0 Å². The van der Waals surface area contributed by atoms with Gasteiger partial charge in [-0.25, -0.2) is 4.42 Å². The lowest BCUT2D eigenvalue weighted by Crippen LogP contribution is -1.85. The van der Waals surface area contributed by atoms with E-state index in [1.54, 1.807) is 6.07 Å². The smallest absolute Gasteiger partial charge is 0.396 e. The number of hydrogen-bond donors (Lipinski definition) is 0. The average molecular weight is 334 g/mol. The second-order valence-electron chi connectivity index (χ2n) is 5.41. The van der Waals surface area contributed by atoms with Gasteiger partial charge in [0, 0.05) is 5.56 Å². The normalized spacial score (nSPS) is 10.7. The van der Waals surface area contributed by atoms with Crippen molar-refractivity contribution < 1.29 is 8.83 Å². The summed E-state index contributed by atoms with van der Waals surface area (Å²) < 4.78 is 11.6. The molecule has 0 aliphatic rings. The van der Waals surface area contributed by atoms with Crippen LogP contribution in [-0.2, 0) is 0 Å². The molecule has 0 aliphatic heterocycles. The van der Waals surface area contributed by atoms with Gasteiger partial charge in [0.1, 0.15) is 0 Å². The van der Waals surface area contributed by atoms with Gasteiger partial charge in [0.25, 0.3) is 0 Å². The zero-order valence-electron chi connectivity index (χ0n) is 12.8. The molecule has 4 aromatic rings. The molecule has 3 heteroatoms. The van der Waals surface area contributed by atoms with Gasteiger partial charge < -0.3 is 4.42 Å². The van der Waals surface area contributed by atoms with Crippen LogP contribution in [0.25, 0.3) is 34.0 Å². The van der Waals surface area contributed by atoms with E-state index in [0.29, 0.717) is 16.7 Å². The van der Waals surface area contributed by atoms with E-state index in [0.717, 1.165) is 22.5 Å². The SMILES string of the molecule is Clc1ccc(-c2cc(-c3ccccc3)cc(-c3ccccc3)[o+]2)o1. The first-order valence-electron chi connectivity index (χ1n) is 7.64. The van der Waals surface area contributed by atoms with Gasteiger partial charge in [-0.2, -0.15) is 0 Å². The quantitative estimate of drug-likeness (QED) is 0.385. The molecule has 2 nitrogen and oxygen atoms in total. The third-order valence-electron chi connectivity index (χ3n) is 3.77. The van der Waals surface area contributed by atoms with Crippen molar-refractivity contribution >= 4 is 11.6 Å². The molecule has 0 radical (unpaired) electrons. The summed E-state index contributed by atoms with van der Waals surface area (Å²) in [6.07, 6.45) is 0. The minimum absolute atomic E-state index is 0.339. The summed E-state index contributed by atoms with van der Waals surface area (Å²) in [5.74, 6) is 2.02. The Morgan fingerprint density at radius 2 is 1.25 bits per heavy atom. The Morgan fingerprint density at radius 3 is 1.88 bits per heavy atom. The summed E-state index contributed by atoms with van der Waals surface area (Å²) >= 11 is 5.92. The summed E-state index contributed by atoms with van der Waals surface area (Å²) in [5.41, 5.74) is 3.18. The highest BCUT2D eigenvalue weighted by Gasteiger charge is 2.22. The zero-order chi connectivity index (χ0) is 16.4. The molecule has 2 aromatic carbocycles. The van der Waals surface area contributed by atoms with Crippen LogP contribution < -0.4 is 0 Å². The van der Waals surface area contributed by atoms with Gasteiger partial charge in [0.05, 0.1) is 17.7 Å². The molecule has 0 fully saturated rings. The fourth-order valence-corrected chi connectivity index (χ4v) is 2.76. The van der Waals surface area contributed by atoms with E-state index in [2.05, 4.69) is 12.1 Å². The molecule has 0 aliphatic carbocycles. The molecular weight excluding hydrogens is 320 g/mol. The van der Waals surface area contributed by atoms with Crippen molar-refractivity contribution in [3.05, 3.63) is 90.1 Å². The molecule has 0 amide bonds. The number of halogens is 1. The molecule has 0 spiro atoms. The van der Waals surface area contributed by atoms with Crippen LogP contribution in [0.5, 0.6) is 0 Å². The van der Waals surface area contributed by atoms with Gasteiger partial charge >= 0.3 is 11.5 Å². The van der Waals surface area contributed by atoms with E-state index in [4.69, 9.17) is 20.4 Å². The molecule has 0 atom stereocenters. The Kier molecular flexibility index (Phi) is 3.89. The van der Waals surface area contributed by atoms with Gasteiger partial charge in [-0.3, -0.25) is 0 Å². The second kappa shape index (κ2) is 6.34. The summed E-state index contributed by atoms with van der Waals surface area (Å²) in [6, 6.07) is 27.7. The van der Waals surface area contributed by atoms with Crippen LogP contribution in [0.1, 0.15) is 0 Å². The van der Waals surface area contributed by atoms with Crippen LogP contribution in [0, 0.1) is 0 Å². The predicted molar refractivity (Wildman–Crippen MR) is 96.7 cm³/mol. The van der Waals surface area contributed by atoms with E-state index in [-0.39, 0.29) is 0 Å². The molecular formula is C21H14ClO2+. The maximum Gasteiger partial charge on any atom is 0.396 e. The van der Waals surface area contributed by atoms with E-state index < -0.39 is 0 Å². The minimum atomic E-state index is 0.339. The van der Waals surface area contributed by atoms with Crippen LogP contribution >= 0.6 is 11.6 Å². The maximum atomic E-state index is 6.07. The van der Waals surface area contributed by atoms with Crippen LogP contribution in [-0.4, -0.2) is 0 Å². The Morgan fingerprint density at radius 1 is 0.625 bits per heavy atom. The van der Waals surface area contributed by atoms with E-state index in [1.807, 2.05) is 66.7 Å². The van der Waals surface area contributed by atoms with Crippen LogP contribution in [0.3, 0.4) is 0 Å². The first-order valence-corrected chi connectivity index (χ1v) is 8.02. The number of furan rings is 1. The lowest BCUT2D eigenvalue weighted by Gasteiger charge is -2.01. The van der Waals surface area contributed by atoms with Gasteiger partial charge in [0.2, 0.25) is 5.76 Å². The molecule has 4 rings (SSSR count). The number of rotatable bonds is 3. The van der Waals surface area contributed by atoms with Crippen molar-refractivity contribution in [2.75, 3.05) is 0 Å². The molecule has 0 saturated heterocycles. The van der Waals surface area contributed by atoms with Crippen molar-refractivity contribution in [1.29, 1.82) is 0 Å². The van der Waals surface area contributed by atoms with Crippen molar-refractivity contribution in [2.24, 2.45) is 0 Å². The van der Waals surface area contributed by atoms with Gasteiger partial charge in [-0.1, -0.05) is 48.5 Å². The van der Waals surface area contributed by atoms with E-state index in [1.165, 1.54) is 0 Å². The van der Waals surface area contributed by atoms with Crippen LogP contribution in [0.4, 0.5) is 0 Å². The minimum Gasteiger partial charge on any atom is -0.435 e.